The summed E-state index contributed by atoms with van der Waals surface area (Å²) in [6.07, 6.45) is -5.80. The summed E-state index contributed by atoms with van der Waals surface area (Å²) in [6, 6.07) is 0. The van der Waals surface area contributed by atoms with E-state index in [0.717, 1.165) is 0 Å². The fourth-order valence-electron chi connectivity index (χ4n) is 1.66. The van der Waals surface area contributed by atoms with Gasteiger partial charge >= 0.3 is 5.97 Å². The van der Waals surface area contributed by atoms with Gasteiger partial charge in [0.15, 0.2) is 16.6 Å². The van der Waals surface area contributed by atoms with E-state index in [1.54, 1.807) is 0 Å². The van der Waals surface area contributed by atoms with E-state index < -0.39 is 71.8 Å². The highest BCUT2D eigenvalue weighted by atomic mass is 32.2. The molecular formula is C8H8NO14S2-. The van der Waals surface area contributed by atoms with E-state index in [0.29, 0.717) is 0 Å². The van der Waals surface area contributed by atoms with Crippen LogP contribution in [0.2, 0.25) is 0 Å². The lowest BCUT2D eigenvalue weighted by molar-refractivity contribution is -0.318. The van der Waals surface area contributed by atoms with Crippen molar-refractivity contribution < 1.29 is 65.3 Å². The van der Waals surface area contributed by atoms with Gasteiger partial charge in [0.2, 0.25) is 0 Å². The maximum atomic E-state index is 11.7. The molecule has 0 aromatic carbocycles. The van der Waals surface area contributed by atoms with Crippen LogP contribution in [0.25, 0.3) is 0 Å². The summed E-state index contributed by atoms with van der Waals surface area (Å²) in [4.78, 5) is 48.9. The Morgan fingerprint density at radius 1 is 0.960 bits per heavy atom. The molecule has 1 fully saturated rings. The van der Waals surface area contributed by atoms with E-state index in [-0.39, 0.29) is 0 Å². The van der Waals surface area contributed by atoms with Crippen molar-refractivity contribution >= 4 is 44.0 Å². The van der Waals surface area contributed by atoms with Crippen molar-refractivity contribution in [2.24, 2.45) is 0 Å². The van der Waals surface area contributed by atoms with Gasteiger partial charge in [-0.15, -0.1) is 0 Å². The number of hydroxylamine groups is 2. The van der Waals surface area contributed by atoms with Gasteiger partial charge in [-0.1, -0.05) is 5.06 Å². The lowest BCUT2D eigenvalue weighted by Gasteiger charge is -2.19. The average Bonchev–Trinajstić information content (AvgIpc) is 2.69. The first-order valence-electron chi connectivity index (χ1n) is 5.70. The zero-order valence-electron chi connectivity index (χ0n) is 11.4. The largest absolute Gasteiger partial charge is 0.547 e. The van der Waals surface area contributed by atoms with Crippen LogP contribution in [-0.2, 0) is 44.3 Å². The molecule has 17 heteroatoms. The van der Waals surface area contributed by atoms with Crippen LogP contribution in [0.4, 0.5) is 0 Å². The van der Waals surface area contributed by atoms with Crippen molar-refractivity contribution in [3.63, 3.8) is 0 Å². The monoisotopic (exact) mass is 406 g/mol. The van der Waals surface area contributed by atoms with E-state index in [4.69, 9.17) is 19.3 Å². The van der Waals surface area contributed by atoms with Gasteiger partial charge in [0.05, 0.1) is 5.97 Å². The molecule has 15 nitrogen and oxygen atoms in total. The van der Waals surface area contributed by atoms with Crippen LogP contribution in [0, 0.1) is 0 Å². The molecule has 0 aromatic heterocycles. The number of nitrogens with zero attached hydrogens (tertiary/aromatic N) is 1. The smallest absolute Gasteiger partial charge is 0.364 e. The molecule has 1 saturated heterocycles. The van der Waals surface area contributed by atoms with Crippen LogP contribution in [-0.4, -0.2) is 87.7 Å². The number of carbonyl (C=O) groups is 4. The molecule has 2 amide bonds. The van der Waals surface area contributed by atoms with E-state index >= 15 is 0 Å². The van der Waals surface area contributed by atoms with Crippen molar-refractivity contribution in [1.29, 1.82) is 0 Å². The first-order valence-corrected chi connectivity index (χ1v) is 8.70. The molecule has 1 rings (SSSR count). The second-order valence-corrected chi connectivity index (χ2v) is 7.54. The standard InChI is InChI=1S/C8H9NO14S2/c10-1(7(14)15)2(11)8(16)23-9-5(12)3(24(17,18)19)4(6(9)13)25(20,21)22/h1-4,10-11H,(H,14,15)(H,17,18,19)(H,20,21,22)/p-1. The Morgan fingerprint density at radius 3 is 1.60 bits per heavy atom. The number of imide groups is 1. The highest BCUT2D eigenvalue weighted by molar-refractivity contribution is 7.91. The number of carbonyl (C=O) groups excluding carboxylic acids is 4. The van der Waals surface area contributed by atoms with Gasteiger partial charge in [-0.2, -0.15) is 16.8 Å². The van der Waals surface area contributed by atoms with Crippen LogP contribution in [0.3, 0.4) is 0 Å². The molecule has 1 aliphatic heterocycles. The lowest BCUT2D eigenvalue weighted by Crippen LogP contribution is -2.49. The van der Waals surface area contributed by atoms with E-state index in [9.17, 15) is 41.1 Å². The van der Waals surface area contributed by atoms with Gasteiger partial charge < -0.3 is 25.0 Å². The number of rotatable bonds is 6. The molecule has 4 atom stereocenters. The third-order valence-electron chi connectivity index (χ3n) is 2.77. The molecule has 0 aromatic rings. The molecular weight excluding hydrogens is 398 g/mol. The second-order valence-electron chi connectivity index (χ2n) is 4.46. The first kappa shape index (κ1) is 20.9. The molecule has 0 radical (unpaired) electrons. The van der Waals surface area contributed by atoms with E-state index in [2.05, 4.69) is 4.84 Å². The highest BCUT2D eigenvalue weighted by Crippen LogP contribution is 2.26. The molecule has 4 N–H and O–H groups in total. The third-order valence-corrected chi connectivity index (χ3v) is 5.17. The van der Waals surface area contributed by atoms with Crippen molar-refractivity contribution in [2.75, 3.05) is 0 Å². The first-order chi connectivity index (χ1) is 11.1. The molecule has 142 valence electrons. The molecule has 25 heavy (non-hydrogen) atoms. The van der Waals surface area contributed by atoms with Crippen LogP contribution in [0.5, 0.6) is 0 Å². The molecule has 0 spiro atoms. The maximum Gasteiger partial charge on any atom is 0.364 e. The molecule has 1 aliphatic rings. The molecule has 0 aliphatic carbocycles. The Kier molecular flexibility index (Phi) is 5.52. The van der Waals surface area contributed by atoms with Gasteiger partial charge in [-0.3, -0.25) is 18.7 Å². The summed E-state index contributed by atoms with van der Waals surface area (Å²) in [5, 5.41) is 21.2. The number of hydrogen-bond donors (Lipinski definition) is 4. The summed E-state index contributed by atoms with van der Waals surface area (Å²) in [5.41, 5.74) is 0. The number of hydrogen-bond acceptors (Lipinski definition) is 12. The quantitative estimate of drug-likeness (QED) is 0.236. The number of aliphatic hydroxyl groups is 2. The number of carboxylic acid groups (broad SMARTS) is 1. The second kappa shape index (κ2) is 6.61. The third kappa shape index (κ3) is 4.08. The topological polar surface area (TPSA) is 253 Å². The molecule has 0 bridgehead atoms. The average molecular weight is 406 g/mol. The number of aliphatic carboxylic acids is 1. The summed E-state index contributed by atoms with van der Waals surface area (Å²) in [5.74, 6) is -8.84. The minimum atomic E-state index is -5.59. The van der Waals surface area contributed by atoms with Gasteiger partial charge in [0.25, 0.3) is 32.1 Å². The molecule has 0 saturated carbocycles. The summed E-state index contributed by atoms with van der Waals surface area (Å²) in [7, 11) is -11.2. The van der Waals surface area contributed by atoms with Gasteiger partial charge in [-0.25, -0.2) is 4.79 Å². The predicted octanol–water partition coefficient (Wildman–Crippen LogP) is -6.20. The van der Waals surface area contributed by atoms with Crippen LogP contribution in [0.1, 0.15) is 0 Å². The maximum absolute atomic E-state index is 11.7. The molecule has 4 unspecified atom stereocenters. The van der Waals surface area contributed by atoms with E-state index in [1.165, 1.54) is 0 Å². The van der Waals surface area contributed by atoms with Crippen LogP contribution >= 0.6 is 0 Å². The Bertz CT molecular complexity index is 777. The number of amides is 2. The SMILES string of the molecule is O=C([O-])C(O)C(O)C(=O)ON1C(=O)C(S(=O)(=O)O)C(S(=O)(=O)O)C1=O. The van der Waals surface area contributed by atoms with Gasteiger partial charge in [0, 0.05) is 0 Å². The van der Waals surface area contributed by atoms with Crippen molar-refractivity contribution in [1.82, 2.24) is 5.06 Å². The molecule has 1 heterocycles. The Morgan fingerprint density at radius 2 is 1.32 bits per heavy atom. The summed E-state index contributed by atoms with van der Waals surface area (Å²) >= 11 is 0. The van der Waals surface area contributed by atoms with Gasteiger partial charge in [-0.05, 0) is 0 Å². The number of carboxylic acids is 1. The summed E-state index contributed by atoms with van der Waals surface area (Å²) in [6.45, 7) is 0. The predicted molar refractivity (Wildman–Crippen MR) is 65.6 cm³/mol. The normalized spacial score (nSPS) is 24.1. The minimum absolute atomic E-state index is 0.829. The summed E-state index contributed by atoms with van der Waals surface area (Å²) < 4.78 is 62.0. The fourth-order valence-corrected chi connectivity index (χ4v) is 4.06. The Labute approximate surface area is 137 Å². The lowest BCUT2D eigenvalue weighted by atomic mass is 10.2. The van der Waals surface area contributed by atoms with Crippen LogP contribution < -0.4 is 5.11 Å². The fraction of sp³-hybridized carbons (Fsp3) is 0.500. The van der Waals surface area contributed by atoms with Crippen molar-refractivity contribution in [3.05, 3.63) is 0 Å². The zero-order chi connectivity index (χ0) is 19.9. The minimum Gasteiger partial charge on any atom is -0.547 e. The van der Waals surface area contributed by atoms with Crippen molar-refractivity contribution in [3.8, 4) is 0 Å². The van der Waals surface area contributed by atoms with E-state index in [1.807, 2.05) is 0 Å². The highest BCUT2D eigenvalue weighted by Gasteiger charge is 2.62. The van der Waals surface area contributed by atoms with Crippen molar-refractivity contribution in [2.45, 2.75) is 22.7 Å². The Balaban J connectivity index is 3.22. The zero-order valence-corrected chi connectivity index (χ0v) is 13.1. The Hall–Kier alpha value is -2.18. The van der Waals surface area contributed by atoms with Crippen LogP contribution in [0.15, 0.2) is 0 Å². The van der Waals surface area contributed by atoms with Gasteiger partial charge in [0.1, 0.15) is 6.10 Å². The number of aliphatic hydroxyl groups excluding tert-OH is 2.